The first kappa shape index (κ1) is 17.7. The molecule has 132 valence electrons. The summed E-state index contributed by atoms with van der Waals surface area (Å²) in [5.74, 6) is -0.484. The molecule has 2 N–H and O–H groups in total. The van der Waals surface area contributed by atoms with E-state index in [2.05, 4.69) is 5.32 Å². The Morgan fingerprint density at radius 1 is 1.12 bits per heavy atom. The van der Waals surface area contributed by atoms with Crippen LogP contribution in [0.25, 0.3) is 11.1 Å². The van der Waals surface area contributed by atoms with Crippen LogP contribution in [0.2, 0.25) is 0 Å². The second-order valence-corrected chi connectivity index (χ2v) is 6.49. The molecule has 2 aromatic carbocycles. The van der Waals surface area contributed by atoms with Gasteiger partial charge in [-0.2, -0.15) is 0 Å². The van der Waals surface area contributed by atoms with Crippen molar-refractivity contribution in [2.75, 3.05) is 7.11 Å². The molecule has 26 heavy (non-hydrogen) atoms. The molecule has 0 radical (unpaired) electrons. The predicted molar refractivity (Wildman–Crippen MR) is 101 cm³/mol. The number of amides is 1. The van der Waals surface area contributed by atoms with Crippen LogP contribution in [0.4, 0.5) is 0 Å². The number of nitrogens with one attached hydrogen (secondary N) is 1. The average molecular weight is 367 g/mol. The Kier molecular flexibility index (Phi) is 5.34. The van der Waals surface area contributed by atoms with Crippen LogP contribution in [-0.4, -0.2) is 24.1 Å². The van der Waals surface area contributed by atoms with E-state index in [9.17, 15) is 14.7 Å². The quantitative estimate of drug-likeness (QED) is 0.689. The number of hydrogen-bond donors (Lipinski definition) is 2. The van der Waals surface area contributed by atoms with E-state index in [4.69, 9.17) is 4.74 Å². The Bertz CT molecular complexity index is 948. The monoisotopic (exact) mass is 367 g/mol. The number of ether oxygens (including phenoxy) is 1. The first-order chi connectivity index (χ1) is 12.6. The van der Waals surface area contributed by atoms with Crippen molar-refractivity contribution in [2.45, 2.75) is 6.54 Å². The lowest BCUT2D eigenvalue weighted by Gasteiger charge is -2.11. The molecule has 0 spiro atoms. The van der Waals surface area contributed by atoms with E-state index in [1.807, 2.05) is 30.3 Å². The van der Waals surface area contributed by atoms with Gasteiger partial charge in [-0.3, -0.25) is 4.79 Å². The Balaban J connectivity index is 1.80. The fraction of sp³-hybridized carbons (Fsp3) is 0.100. The third-order valence-electron chi connectivity index (χ3n) is 3.91. The van der Waals surface area contributed by atoms with Gasteiger partial charge in [-0.15, -0.1) is 11.3 Å². The smallest absolute Gasteiger partial charge is 0.335 e. The molecule has 0 saturated carbocycles. The summed E-state index contributed by atoms with van der Waals surface area (Å²) in [4.78, 5) is 24.1. The lowest BCUT2D eigenvalue weighted by Crippen LogP contribution is -2.22. The van der Waals surface area contributed by atoms with Gasteiger partial charge in [0.05, 0.1) is 17.6 Å². The number of benzene rings is 2. The second kappa shape index (κ2) is 7.84. The minimum Gasteiger partial charge on any atom is -0.496 e. The zero-order valence-corrected chi connectivity index (χ0v) is 14.9. The Hall–Kier alpha value is -3.12. The van der Waals surface area contributed by atoms with Gasteiger partial charge in [-0.1, -0.05) is 36.4 Å². The largest absolute Gasteiger partial charge is 0.496 e. The lowest BCUT2D eigenvalue weighted by atomic mass is 9.98. The Labute approximate surface area is 154 Å². The van der Waals surface area contributed by atoms with Crippen LogP contribution in [0.15, 0.2) is 60.0 Å². The van der Waals surface area contributed by atoms with Gasteiger partial charge in [-0.25, -0.2) is 4.79 Å². The summed E-state index contributed by atoms with van der Waals surface area (Å²) < 4.78 is 5.10. The van der Waals surface area contributed by atoms with Crippen LogP contribution >= 0.6 is 11.3 Å². The molecule has 0 unspecified atom stereocenters. The van der Waals surface area contributed by atoms with Crippen molar-refractivity contribution >= 4 is 23.2 Å². The van der Waals surface area contributed by atoms with Gasteiger partial charge < -0.3 is 15.2 Å². The molecule has 0 aliphatic carbocycles. The van der Waals surface area contributed by atoms with E-state index >= 15 is 0 Å². The summed E-state index contributed by atoms with van der Waals surface area (Å²) in [7, 11) is 1.56. The standard InChI is InChI=1S/C20H17NO4S/c1-25-16-10-18(26-12-16)19(22)21-11-15-5-2-3-8-17(15)13-6-4-7-14(9-13)20(23)24/h2-10,12H,11H2,1H3,(H,21,22)(H,23,24). The van der Waals surface area contributed by atoms with Gasteiger partial charge >= 0.3 is 5.97 Å². The van der Waals surface area contributed by atoms with Crippen molar-refractivity contribution in [2.24, 2.45) is 0 Å². The molecule has 1 heterocycles. The molecule has 0 saturated heterocycles. The van der Waals surface area contributed by atoms with E-state index in [1.54, 1.807) is 36.8 Å². The van der Waals surface area contributed by atoms with Gasteiger partial charge in [-0.05, 0) is 28.8 Å². The molecule has 0 fully saturated rings. The SMILES string of the molecule is COc1csc(C(=O)NCc2ccccc2-c2cccc(C(=O)O)c2)c1. The highest BCUT2D eigenvalue weighted by Gasteiger charge is 2.12. The summed E-state index contributed by atoms with van der Waals surface area (Å²) in [6, 6.07) is 16.1. The van der Waals surface area contributed by atoms with E-state index < -0.39 is 5.97 Å². The molecule has 1 aromatic heterocycles. The number of carboxylic acid groups (broad SMARTS) is 1. The van der Waals surface area contributed by atoms with Crippen molar-refractivity contribution in [1.82, 2.24) is 5.32 Å². The van der Waals surface area contributed by atoms with Gasteiger partial charge in [0.2, 0.25) is 0 Å². The lowest BCUT2D eigenvalue weighted by molar-refractivity contribution is 0.0696. The maximum absolute atomic E-state index is 12.3. The highest BCUT2D eigenvalue weighted by atomic mass is 32.1. The molecule has 5 nitrogen and oxygen atoms in total. The number of carboxylic acids is 1. The van der Waals surface area contributed by atoms with Crippen molar-refractivity contribution in [3.63, 3.8) is 0 Å². The van der Waals surface area contributed by atoms with Crippen LogP contribution in [0.5, 0.6) is 5.75 Å². The van der Waals surface area contributed by atoms with Gasteiger partial charge in [0, 0.05) is 18.0 Å². The topological polar surface area (TPSA) is 75.6 Å². The van der Waals surface area contributed by atoms with Crippen LogP contribution in [-0.2, 0) is 6.54 Å². The molecule has 3 rings (SSSR count). The highest BCUT2D eigenvalue weighted by molar-refractivity contribution is 7.12. The third-order valence-corrected chi connectivity index (χ3v) is 4.82. The molecular weight excluding hydrogens is 350 g/mol. The molecule has 0 bridgehead atoms. The molecule has 3 aromatic rings. The zero-order chi connectivity index (χ0) is 18.5. The minimum absolute atomic E-state index is 0.174. The van der Waals surface area contributed by atoms with Crippen molar-refractivity contribution in [3.8, 4) is 16.9 Å². The van der Waals surface area contributed by atoms with Crippen LogP contribution in [0, 0.1) is 0 Å². The fourth-order valence-electron chi connectivity index (χ4n) is 2.58. The molecule has 0 aliphatic rings. The summed E-state index contributed by atoms with van der Waals surface area (Å²) in [6.45, 7) is 0.340. The Morgan fingerprint density at radius 2 is 1.92 bits per heavy atom. The van der Waals surface area contributed by atoms with E-state index in [-0.39, 0.29) is 11.5 Å². The molecule has 0 aliphatic heterocycles. The first-order valence-corrected chi connectivity index (χ1v) is 8.79. The van der Waals surface area contributed by atoms with Crippen molar-refractivity contribution < 1.29 is 19.4 Å². The number of hydrogen-bond acceptors (Lipinski definition) is 4. The molecule has 1 amide bonds. The normalized spacial score (nSPS) is 10.3. The van der Waals surface area contributed by atoms with E-state index in [1.165, 1.54) is 11.3 Å². The minimum atomic E-state index is -0.968. The van der Waals surface area contributed by atoms with E-state index in [0.29, 0.717) is 17.2 Å². The van der Waals surface area contributed by atoms with Crippen LogP contribution < -0.4 is 10.1 Å². The highest BCUT2D eigenvalue weighted by Crippen LogP contribution is 2.25. The van der Waals surface area contributed by atoms with Crippen molar-refractivity contribution in [3.05, 3.63) is 76.0 Å². The zero-order valence-electron chi connectivity index (χ0n) is 14.1. The summed E-state index contributed by atoms with van der Waals surface area (Å²) in [6.07, 6.45) is 0. The average Bonchev–Trinajstić information content (AvgIpc) is 3.16. The van der Waals surface area contributed by atoms with Crippen molar-refractivity contribution in [1.29, 1.82) is 0 Å². The maximum atomic E-state index is 12.3. The van der Waals surface area contributed by atoms with Crippen LogP contribution in [0.1, 0.15) is 25.6 Å². The maximum Gasteiger partial charge on any atom is 0.335 e. The molecular formula is C20H17NO4S. The van der Waals surface area contributed by atoms with Gasteiger partial charge in [0.15, 0.2) is 0 Å². The number of carbonyl (C=O) groups excluding carboxylic acids is 1. The second-order valence-electron chi connectivity index (χ2n) is 5.58. The molecule has 0 atom stereocenters. The fourth-order valence-corrected chi connectivity index (χ4v) is 3.35. The summed E-state index contributed by atoms with van der Waals surface area (Å²) in [5, 5.41) is 13.9. The number of rotatable bonds is 6. The van der Waals surface area contributed by atoms with Gasteiger partial charge in [0.25, 0.3) is 5.91 Å². The number of methoxy groups -OCH3 is 1. The number of aromatic carboxylic acids is 1. The first-order valence-electron chi connectivity index (χ1n) is 7.91. The predicted octanol–water partition coefficient (Wildman–Crippen LogP) is 4.05. The van der Waals surface area contributed by atoms with E-state index in [0.717, 1.165) is 16.7 Å². The third kappa shape index (κ3) is 3.92. The summed E-state index contributed by atoms with van der Waals surface area (Å²) in [5.41, 5.74) is 2.83. The number of carbonyl (C=O) groups is 2. The molecule has 6 heteroatoms. The van der Waals surface area contributed by atoms with Crippen LogP contribution in [0.3, 0.4) is 0 Å². The van der Waals surface area contributed by atoms with Gasteiger partial charge in [0.1, 0.15) is 5.75 Å². The summed E-state index contributed by atoms with van der Waals surface area (Å²) >= 11 is 1.32. The number of thiophene rings is 1. The Morgan fingerprint density at radius 3 is 2.65 bits per heavy atom.